The summed E-state index contributed by atoms with van der Waals surface area (Å²) >= 11 is 0. The number of amides is 1. The molecule has 0 bridgehead atoms. The van der Waals surface area contributed by atoms with Crippen LogP contribution < -0.4 is 5.32 Å². The molecule has 0 aromatic heterocycles. The van der Waals surface area contributed by atoms with Gasteiger partial charge in [0.15, 0.2) is 0 Å². The molecular formula is C12H15NO4. The van der Waals surface area contributed by atoms with E-state index in [1.54, 1.807) is 25.3 Å². The number of carboxylic acids is 1. The van der Waals surface area contributed by atoms with E-state index in [-0.39, 0.29) is 0 Å². The maximum absolute atomic E-state index is 11.7. The fourth-order valence-electron chi connectivity index (χ4n) is 1.31. The molecule has 0 aliphatic rings. The Balaban J connectivity index is 2.75. The number of rotatable bonds is 5. The Labute approximate surface area is 99.4 Å². The summed E-state index contributed by atoms with van der Waals surface area (Å²) in [4.78, 5) is 22.3. The summed E-state index contributed by atoms with van der Waals surface area (Å²) in [5.41, 5.74) is 1.29. The maximum Gasteiger partial charge on any atom is 0.325 e. The van der Waals surface area contributed by atoms with E-state index in [1.807, 2.05) is 6.07 Å². The van der Waals surface area contributed by atoms with Crippen LogP contribution in [0.5, 0.6) is 0 Å². The van der Waals surface area contributed by atoms with Crippen molar-refractivity contribution >= 4 is 11.9 Å². The number of carbonyl (C=O) groups is 2. The van der Waals surface area contributed by atoms with Crippen molar-refractivity contribution in [2.45, 2.75) is 19.6 Å². The van der Waals surface area contributed by atoms with Crippen LogP contribution in [0.15, 0.2) is 24.3 Å². The van der Waals surface area contributed by atoms with E-state index >= 15 is 0 Å². The van der Waals surface area contributed by atoms with Crippen molar-refractivity contribution in [3.8, 4) is 0 Å². The van der Waals surface area contributed by atoms with Gasteiger partial charge >= 0.3 is 5.97 Å². The highest BCUT2D eigenvalue weighted by molar-refractivity contribution is 5.96. The Morgan fingerprint density at radius 2 is 2.18 bits per heavy atom. The fourth-order valence-corrected chi connectivity index (χ4v) is 1.31. The fraction of sp³-hybridized carbons (Fsp3) is 0.333. The van der Waals surface area contributed by atoms with Crippen molar-refractivity contribution in [3.63, 3.8) is 0 Å². The monoisotopic (exact) mass is 237 g/mol. The normalized spacial score (nSPS) is 11.9. The molecule has 1 amide bonds. The van der Waals surface area contributed by atoms with Gasteiger partial charge in [-0.1, -0.05) is 12.1 Å². The molecule has 0 saturated carbocycles. The summed E-state index contributed by atoms with van der Waals surface area (Å²) in [6.45, 7) is 1.83. The van der Waals surface area contributed by atoms with Crippen LogP contribution in [-0.4, -0.2) is 30.1 Å². The zero-order valence-corrected chi connectivity index (χ0v) is 9.77. The molecule has 0 spiro atoms. The summed E-state index contributed by atoms with van der Waals surface area (Å²) in [5, 5.41) is 11.1. The molecule has 0 unspecified atom stereocenters. The van der Waals surface area contributed by atoms with Gasteiger partial charge in [0.1, 0.15) is 6.04 Å². The highest BCUT2D eigenvalue weighted by atomic mass is 16.5. The second kappa shape index (κ2) is 6.00. The standard InChI is InChI=1S/C12H15NO4/c1-8(12(15)16)13-11(14)10-5-3-4-9(6-10)7-17-2/h3-6,8H,7H2,1-2H3,(H,13,14)(H,15,16)/t8-/m0/s1. The van der Waals surface area contributed by atoms with Crippen molar-refractivity contribution in [2.24, 2.45) is 0 Å². The van der Waals surface area contributed by atoms with Crippen LogP contribution in [0.3, 0.4) is 0 Å². The van der Waals surface area contributed by atoms with Gasteiger partial charge in [-0.3, -0.25) is 9.59 Å². The molecular weight excluding hydrogens is 222 g/mol. The molecule has 0 aliphatic carbocycles. The third kappa shape index (κ3) is 3.88. The molecule has 0 aliphatic heterocycles. The van der Waals surface area contributed by atoms with Crippen molar-refractivity contribution < 1.29 is 19.4 Å². The lowest BCUT2D eigenvalue weighted by atomic mass is 10.1. The van der Waals surface area contributed by atoms with E-state index in [0.717, 1.165) is 5.56 Å². The van der Waals surface area contributed by atoms with Gasteiger partial charge in [-0.2, -0.15) is 0 Å². The maximum atomic E-state index is 11.7. The predicted molar refractivity (Wildman–Crippen MR) is 61.7 cm³/mol. The van der Waals surface area contributed by atoms with E-state index in [4.69, 9.17) is 9.84 Å². The Hall–Kier alpha value is -1.88. The molecule has 0 saturated heterocycles. The molecule has 5 nitrogen and oxygen atoms in total. The summed E-state index contributed by atoms with van der Waals surface area (Å²) < 4.78 is 4.96. The second-order valence-corrected chi connectivity index (χ2v) is 3.67. The molecule has 0 radical (unpaired) electrons. The van der Waals surface area contributed by atoms with Crippen LogP contribution in [0.25, 0.3) is 0 Å². The zero-order chi connectivity index (χ0) is 12.8. The molecule has 1 aromatic carbocycles. The Morgan fingerprint density at radius 3 is 2.76 bits per heavy atom. The third-order valence-corrected chi connectivity index (χ3v) is 2.22. The molecule has 0 heterocycles. The van der Waals surface area contributed by atoms with Gasteiger partial charge < -0.3 is 15.2 Å². The first-order valence-electron chi connectivity index (χ1n) is 5.16. The first kappa shape index (κ1) is 13.2. The largest absolute Gasteiger partial charge is 0.480 e. The summed E-state index contributed by atoms with van der Waals surface area (Å²) in [5.74, 6) is -1.47. The van der Waals surface area contributed by atoms with E-state index in [2.05, 4.69) is 5.32 Å². The number of carbonyl (C=O) groups excluding carboxylic acids is 1. The molecule has 17 heavy (non-hydrogen) atoms. The van der Waals surface area contributed by atoms with Gasteiger partial charge in [-0.25, -0.2) is 0 Å². The number of carboxylic acid groups (broad SMARTS) is 1. The lowest BCUT2D eigenvalue weighted by molar-refractivity contribution is -0.138. The van der Waals surface area contributed by atoms with Crippen LogP contribution in [0.1, 0.15) is 22.8 Å². The number of ether oxygens (including phenoxy) is 1. The highest BCUT2D eigenvalue weighted by Crippen LogP contribution is 2.06. The molecule has 92 valence electrons. The van der Waals surface area contributed by atoms with Gasteiger partial charge in [0.25, 0.3) is 5.91 Å². The van der Waals surface area contributed by atoms with Crippen LogP contribution in [0.2, 0.25) is 0 Å². The van der Waals surface area contributed by atoms with Crippen LogP contribution in [0.4, 0.5) is 0 Å². The van der Waals surface area contributed by atoms with Crippen molar-refractivity contribution in [2.75, 3.05) is 7.11 Å². The molecule has 1 aromatic rings. The van der Waals surface area contributed by atoms with E-state index in [9.17, 15) is 9.59 Å². The number of nitrogens with one attached hydrogen (secondary N) is 1. The van der Waals surface area contributed by atoms with E-state index < -0.39 is 17.9 Å². The van der Waals surface area contributed by atoms with Gasteiger partial charge in [0.05, 0.1) is 6.61 Å². The number of benzene rings is 1. The minimum atomic E-state index is -1.06. The molecule has 5 heteroatoms. The zero-order valence-electron chi connectivity index (χ0n) is 9.77. The average Bonchev–Trinajstić information content (AvgIpc) is 2.29. The van der Waals surface area contributed by atoms with Gasteiger partial charge in [0, 0.05) is 12.7 Å². The highest BCUT2D eigenvalue weighted by Gasteiger charge is 2.15. The van der Waals surface area contributed by atoms with Crippen LogP contribution in [-0.2, 0) is 16.1 Å². The van der Waals surface area contributed by atoms with E-state index in [1.165, 1.54) is 6.92 Å². The summed E-state index contributed by atoms with van der Waals surface area (Å²) in [6, 6.07) is 5.96. The van der Waals surface area contributed by atoms with Crippen molar-refractivity contribution in [3.05, 3.63) is 35.4 Å². The Kier molecular flexibility index (Phi) is 4.66. The molecule has 1 atom stereocenters. The Bertz CT molecular complexity index is 417. The lowest BCUT2D eigenvalue weighted by Crippen LogP contribution is -2.38. The molecule has 1 rings (SSSR count). The quantitative estimate of drug-likeness (QED) is 0.802. The molecule has 2 N–H and O–H groups in total. The topological polar surface area (TPSA) is 75.6 Å². The van der Waals surface area contributed by atoms with Gasteiger partial charge in [-0.15, -0.1) is 0 Å². The number of hydrogen-bond donors (Lipinski definition) is 2. The smallest absolute Gasteiger partial charge is 0.325 e. The lowest BCUT2D eigenvalue weighted by Gasteiger charge is -2.09. The van der Waals surface area contributed by atoms with Gasteiger partial charge in [-0.05, 0) is 24.6 Å². The average molecular weight is 237 g/mol. The number of hydrogen-bond acceptors (Lipinski definition) is 3. The minimum absolute atomic E-state index is 0.405. The van der Waals surface area contributed by atoms with Gasteiger partial charge in [0.2, 0.25) is 0 Å². The first-order valence-corrected chi connectivity index (χ1v) is 5.16. The number of methoxy groups -OCH3 is 1. The predicted octanol–water partition coefficient (Wildman–Crippen LogP) is 1.04. The van der Waals surface area contributed by atoms with Crippen molar-refractivity contribution in [1.29, 1.82) is 0 Å². The Morgan fingerprint density at radius 1 is 1.47 bits per heavy atom. The van der Waals surface area contributed by atoms with E-state index in [0.29, 0.717) is 12.2 Å². The van der Waals surface area contributed by atoms with Crippen molar-refractivity contribution in [1.82, 2.24) is 5.32 Å². The summed E-state index contributed by atoms with van der Waals surface area (Å²) in [6.07, 6.45) is 0. The van der Waals surface area contributed by atoms with Crippen LogP contribution in [0, 0.1) is 0 Å². The third-order valence-electron chi connectivity index (χ3n) is 2.22. The number of aliphatic carboxylic acids is 1. The summed E-state index contributed by atoms with van der Waals surface area (Å²) in [7, 11) is 1.57. The minimum Gasteiger partial charge on any atom is -0.480 e. The SMILES string of the molecule is COCc1cccc(C(=O)N[C@@H](C)C(=O)O)c1. The first-order chi connectivity index (χ1) is 8.04. The molecule has 0 fully saturated rings. The second-order valence-electron chi connectivity index (χ2n) is 3.67. The van der Waals surface area contributed by atoms with Crippen LogP contribution >= 0.6 is 0 Å².